The first-order valence-corrected chi connectivity index (χ1v) is 11.2. The molecule has 1 aromatic rings. The van der Waals surface area contributed by atoms with Crippen LogP contribution in [0.3, 0.4) is 0 Å². The van der Waals surface area contributed by atoms with E-state index in [1.165, 1.54) is 25.1 Å². The van der Waals surface area contributed by atoms with Crippen molar-refractivity contribution in [3.8, 4) is 5.75 Å². The van der Waals surface area contributed by atoms with Crippen LogP contribution in [-0.2, 0) is 25.6 Å². The van der Waals surface area contributed by atoms with Crippen LogP contribution in [0.4, 0.5) is 11.4 Å². The summed E-state index contributed by atoms with van der Waals surface area (Å²) in [5, 5.41) is 25.8. The average molecular weight is 498 g/mol. The Morgan fingerprint density at radius 2 is 1.83 bits per heavy atom. The Kier molecular flexibility index (Phi) is 5.90. The number of fused-ring (bicyclic) bond motifs is 3. The Hall–Kier alpha value is -3.80. The molecule has 0 bridgehead atoms. The minimum absolute atomic E-state index is 0.0460. The number of hydrogen-bond donors (Lipinski definition) is 3. The number of Topliss-reactive ketones (excluding diaryl/α,β-unsaturated/α-hetero) is 4. The van der Waals surface area contributed by atoms with Gasteiger partial charge in [-0.25, -0.2) is 0 Å². The number of nitrogens with two attached hydrogens (primary N) is 1. The topological polar surface area (TPSA) is 207 Å². The summed E-state index contributed by atoms with van der Waals surface area (Å²) in [6.07, 6.45) is 0.0685. The molecule has 0 spiro atoms. The lowest BCUT2D eigenvalue weighted by atomic mass is 9.52. The molecule has 0 radical (unpaired) electrons. The maximum Gasteiger partial charge on any atom is 0.235 e. The number of likely N-dealkylation sites (N-methyl/N-ethyl adjacent to an activating group) is 1. The highest BCUT2D eigenvalue weighted by molar-refractivity contribution is 6.32. The van der Waals surface area contributed by atoms with E-state index in [0.29, 0.717) is 11.3 Å². The highest BCUT2D eigenvalue weighted by Crippen LogP contribution is 2.53. The molecule has 6 unspecified atom stereocenters. The van der Waals surface area contributed by atoms with Gasteiger partial charge in [0.05, 0.1) is 23.2 Å². The Balaban J connectivity index is 1.93. The second kappa shape index (κ2) is 8.40. The van der Waals surface area contributed by atoms with E-state index in [4.69, 9.17) is 11.3 Å². The Morgan fingerprint density at radius 3 is 2.36 bits per heavy atom. The van der Waals surface area contributed by atoms with Gasteiger partial charge in [0.2, 0.25) is 5.91 Å². The molecule has 3 aliphatic rings. The van der Waals surface area contributed by atoms with Crippen LogP contribution in [0.25, 0.3) is 10.4 Å². The van der Waals surface area contributed by atoms with Gasteiger partial charge in [0.25, 0.3) is 0 Å². The number of phenolic OH excluding ortho intramolecular Hbond substituents is 1. The summed E-state index contributed by atoms with van der Waals surface area (Å²) in [5.41, 5.74) is 11.9. The molecule has 0 aliphatic heterocycles. The van der Waals surface area contributed by atoms with E-state index < -0.39 is 70.1 Å². The number of azide groups is 1. The lowest BCUT2D eigenvalue weighted by Crippen LogP contribution is -2.74. The van der Waals surface area contributed by atoms with Gasteiger partial charge in [0.1, 0.15) is 5.75 Å². The van der Waals surface area contributed by atoms with Gasteiger partial charge in [-0.15, -0.1) is 0 Å². The molecular formula is C23H26N6O7. The van der Waals surface area contributed by atoms with E-state index in [-0.39, 0.29) is 24.1 Å². The fourth-order valence-corrected chi connectivity index (χ4v) is 6.16. The number of phenols is 1. The standard InChI is InChI=1S/C23H26N6O7/c1-28(2)12-7-11(26-27-25)17(30)14-9(12)5-8-6-10-16(29(3)4)19(32)15(22(24)35)21(34)23(10,36)20(33)13(8)18(14)31/h7-8,10,13,15-16,30,36H,5-6H2,1-4H3,(H2,24,35). The second-order valence-electron chi connectivity index (χ2n) is 9.99. The Bertz CT molecular complexity index is 1280. The monoisotopic (exact) mass is 498 g/mol. The zero-order valence-electron chi connectivity index (χ0n) is 20.1. The van der Waals surface area contributed by atoms with E-state index in [2.05, 4.69) is 10.0 Å². The third-order valence-corrected chi connectivity index (χ3v) is 7.65. The van der Waals surface area contributed by atoms with E-state index >= 15 is 0 Å². The maximum atomic E-state index is 13.8. The second-order valence-corrected chi connectivity index (χ2v) is 9.99. The van der Waals surface area contributed by atoms with Gasteiger partial charge in [-0.1, -0.05) is 5.11 Å². The van der Waals surface area contributed by atoms with Crippen LogP contribution in [0, 0.1) is 23.7 Å². The van der Waals surface area contributed by atoms with Crippen molar-refractivity contribution in [3.05, 3.63) is 27.6 Å². The normalized spacial score (nSPS) is 31.3. The molecular weight excluding hydrogens is 472 g/mol. The molecule has 0 heterocycles. The van der Waals surface area contributed by atoms with Crippen LogP contribution in [0.15, 0.2) is 11.2 Å². The number of aromatic hydroxyl groups is 1. The van der Waals surface area contributed by atoms with Crippen LogP contribution in [0.1, 0.15) is 22.3 Å². The predicted octanol–water partition coefficient (Wildman–Crippen LogP) is -0.125. The fourth-order valence-electron chi connectivity index (χ4n) is 6.16. The van der Waals surface area contributed by atoms with Gasteiger partial charge in [-0.3, -0.25) is 28.9 Å². The number of ketones is 4. The van der Waals surface area contributed by atoms with Crippen molar-refractivity contribution in [1.82, 2.24) is 4.90 Å². The average Bonchev–Trinajstić information content (AvgIpc) is 2.77. The molecule has 13 nitrogen and oxygen atoms in total. The number of primary amides is 1. The van der Waals surface area contributed by atoms with Crippen LogP contribution in [-0.4, -0.2) is 84.0 Å². The van der Waals surface area contributed by atoms with Crippen molar-refractivity contribution in [3.63, 3.8) is 0 Å². The zero-order valence-corrected chi connectivity index (χ0v) is 20.1. The van der Waals surface area contributed by atoms with Crippen LogP contribution < -0.4 is 10.6 Å². The van der Waals surface area contributed by atoms with Gasteiger partial charge in [0, 0.05) is 30.6 Å². The van der Waals surface area contributed by atoms with Crippen molar-refractivity contribution in [1.29, 1.82) is 0 Å². The van der Waals surface area contributed by atoms with Crippen molar-refractivity contribution in [2.24, 2.45) is 34.5 Å². The summed E-state index contributed by atoms with van der Waals surface area (Å²) in [5.74, 6) is -11.4. The summed E-state index contributed by atoms with van der Waals surface area (Å²) in [7, 11) is 6.43. The number of hydrogen-bond acceptors (Lipinski definition) is 10. The molecule has 2 saturated carbocycles. The number of benzene rings is 1. The van der Waals surface area contributed by atoms with E-state index in [9.17, 15) is 34.2 Å². The molecule has 36 heavy (non-hydrogen) atoms. The van der Waals surface area contributed by atoms with E-state index in [1.54, 1.807) is 19.0 Å². The summed E-state index contributed by atoms with van der Waals surface area (Å²) in [4.78, 5) is 71.6. The minimum atomic E-state index is -2.79. The zero-order chi connectivity index (χ0) is 26.9. The molecule has 190 valence electrons. The molecule has 0 aromatic heterocycles. The minimum Gasteiger partial charge on any atom is -0.507 e. The van der Waals surface area contributed by atoms with Crippen LogP contribution >= 0.6 is 0 Å². The molecule has 4 N–H and O–H groups in total. The van der Waals surface area contributed by atoms with Gasteiger partial charge in [-0.05, 0) is 50.0 Å². The van der Waals surface area contributed by atoms with E-state index in [1.807, 2.05) is 0 Å². The van der Waals surface area contributed by atoms with Gasteiger partial charge in [0.15, 0.2) is 34.7 Å². The first-order valence-electron chi connectivity index (χ1n) is 11.2. The molecule has 0 saturated heterocycles. The molecule has 1 amide bonds. The number of amides is 1. The summed E-state index contributed by atoms with van der Waals surface area (Å²) in [6.45, 7) is 0. The lowest BCUT2D eigenvalue weighted by Gasteiger charge is -2.52. The Morgan fingerprint density at radius 1 is 1.19 bits per heavy atom. The number of carbonyl (C=O) groups excluding carboxylic acids is 5. The number of nitrogens with zero attached hydrogens (tertiary/aromatic N) is 5. The van der Waals surface area contributed by atoms with Crippen LogP contribution in [0.2, 0.25) is 0 Å². The van der Waals surface area contributed by atoms with Crippen molar-refractivity contribution >= 4 is 40.4 Å². The summed E-state index contributed by atoms with van der Waals surface area (Å²) >= 11 is 0. The Labute approximate surface area is 205 Å². The maximum absolute atomic E-state index is 13.8. The molecule has 4 rings (SSSR count). The van der Waals surface area contributed by atoms with Gasteiger partial charge < -0.3 is 20.8 Å². The molecule has 6 atom stereocenters. The quantitative estimate of drug-likeness (QED) is 0.218. The first-order chi connectivity index (χ1) is 16.8. The smallest absolute Gasteiger partial charge is 0.235 e. The van der Waals surface area contributed by atoms with Gasteiger partial charge >= 0.3 is 0 Å². The van der Waals surface area contributed by atoms with Crippen LogP contribution in [0.5, 0.6) is 5.75 Å². The first kappa shape index (κ1) is 25.3. The third-order valence-electron chi connectivity index (χ3n) is 7.65. The van der Waals surface area contributed by atoms with Gasteiger partial charge in [-0.2, -0.15) is 0 Å². The number of carbonyl (C=O) groups is 5. The van der Waals surface area contributed by atoms with Crippen molar-refractivity contribution < 1.29 is 34.2 Å². The highest BCUT2D eigenvalue weighted by atomic mass is 16.3. The molecule has 3 aliphatic carbocycles. The summed E-state index contributed by atoms with van der Waals surface area (Å²) < 4.78 is 0. The molecule has 1 aromatic carbocycles. The molecule has 13 heteroatoms. The largest absolute Gasteiger partial charge is 0.507 e. The number of aliphatic hydroxyl groups is 1. The summed E-state index contributed by atoms with van der Waals surface area (Å²) in [6, 6.07) is 0.261. The highest BCUT2D eigenvalue weighted by Gasteiger charge is 2.69. The number of anilines is 1. The fraction of sp³-hybridized carbons (Fsp3) is 0.522. The van der Waals surface area contributed by atoms with Crippen molar-refractivity contribution in [2.45, 2.75) is 24.5 Å². The van der Waals surface area contributed by atoms with Crippen molar-refractivity contribution in [2.75, 3.05) is 33.1 Å². The molecule has 2 fully saturated rings. The number of rotatable bonds is 4. The van der Waals surface area contributed by atoms with E-state index in [0.717, 1.165) is 0 Å². The third kappa shape index (κ3) is 3.24. The lowest BCUT2D eigenvalue weighted by molar-refractivity contribution is -0.181. The SMILES string of the molecule is CN(C)c1cc(N=[N+]=[N-])c(O)c2c1CC1CC3C(N(C)C)C(=O)C(C(N)=O)C(=O)C3(O)C(=O)C1C2=O. The predicted molar refractivity (Wildman–Crippen MR) is 124 cm³/mol.